The Morgan fingerprint density at radius 1 is 0.933 bits per heavy atom. The second kappa shape index (κ2) is 7.08. The molecule has 0 amide bonds. The summed E-state index contributed by atoms with van der Waals surface area (Å²) >= 11 is 0. The standard InChI is InChI=1S/C25H45BO3Si/c1-17-25(29-26(4)27-17)15-12-22-20-9-8-18-16-19(28-30(5,6)7)10-13-23(18,2)21(20)11-14-24(22,25)3/h17-22H,8-16H2,1-7H3/t17-,18+,19+,20?,21?,22?,23?,24?,25+/m1/s1. The van der Waals surface area contributed by atoms with Crippen LogP contribution in [0.15, 0.2) is 0 Å². The molecule has 4 aliphatic carbocycles. The predicted molar refractivity (Wildman–Crippen MR) is 126 cm³/mol. The van der Waals surface area contributed by atoms with Gasteiger partial charge in [0.1, 0.15) is 0 Å². The van der Waals surface area contributed by atoms with Crippen molar-refractivity contribution in [1.29, 1.82) is 0 Å². The van der Waals surface area contributed by atoms with E-state index in [0.717, 1.165) is 23.7 Å². The summed E-state index contributed by atoms with van der Waals surface area (Å²) in [5, 5.41) is 0. The van der Waals surface area contributed by atoms with Crippen LogP contribution in [0.1, 0.15) is 78.6 Å². The maximum Gasteiger partial charge on any atom is 0.454 e. The van der Waals surface area contributed by atoms with E-state index in [4.69, 9.17) is 13.7 Å². The van der Waals surface area contributed by atoms with Crippen LogP contribution in [0.25, 0.3) is 0 Å². The lowest BCUT2D eigenvalue weighted by molar-refractivity contribution is -0.154. The summed E-state index contributed by atoms with van der Waals surface area (Å²) in [4.78, 5) is 0. The molecule has 5 fully saturated rings. The molecule has 9 atom stereocenters. The molecule has 0 aromatic rings. The third-order valence-corrected chi connectivity index (χ3v) is 11.8. The molecule has 1 spiro atoms. The highest BCUT2D eigenvalue weighted by Crippen LogP contribution is 2.70. The molecule has 1 saturated heterocycles. The second-order valence-electron chi connectivity index (χ2n) is 13.1. The molecule has 0 aromatic carbocycles. The molecule has 0 N–H and O–H groups in total. The van der Waals surface area contributed by atoms with Gasteiger partial charge in [-0.2, -0.15) is 0 Å². The SMILES string of the molecule is CB1O[C@H](C)[C@]2(CCC3C4CC[C@H]5C[C@@H](O[Si](C)(C)C)CCC5(C)C4CCC32C)O1. The molecule has 30 heavy (non-hydrogen) atoms. The molecule has 0 aromatic heterocycles. The maximum atomic E-state index is 6.63. The fourth-order valence-corrected chi connectivity index (χ4v) is 10.8. The molecule has 0 radical (unpaired) electrons. The van der Waals surface area contributed by atoms with E-state index in [0.29, 0.717) is 16.9 Å². The monoisotopic (exact) mass is 432 g/mol. The lowest BCUT2D eigenvalue weighted by Gasteiger charge is -2.62. The molecular weight excluding hydrogens is 387 g/mol. The summed E-state index contributed by atoms with van der Waals surface area (Å²) in [5.74, 6) is 3.50. The van der Waals surface area contributed by atoms with Gasteiger partial charge >= 0.3 is 7.12 Å². The zero-order chi connectivity index (χ0) is 21.5. The van der Waals surface area contributed by atoms with Gasteiger partial charge in [-0.25, -0.2) is 0 Å². The minimum absolute atomic E-state index is 0.0387. The van der Waals surface area contributed by atoms with Crippen molar-refractivity contribution in [2.24, 2.45) is 34.5 Å². The first-order valence-corrected chi connectivity index (χ1v) is 16.4. The van der Waals surface area contributed by atoms with E-state index in [-0.39, 0.29) is 18.8 Å². The lowest BCUT2D eigenvalue weighted by atomic mass is 9.44. The van der Waals surface area contributed by atoms with Crippen molar-refractivity contribution in [3.8, 4) is 0 Å². The number of rotatable bonds is 2. The fourth-order valence-electron chi connectivity index (χ4n) is 9.54. The first-order chi connectivity index (χ1) is 14.0. The summed E-state index contributed by atoms with van der Waals surface area (Å²) in [7, 11) is -1.48. The Morgan fingerprint density at radius 3 is 2.33 bits per heavy atom. The van der Waals surface area contributed by atoms with E-state index in [9.17, 15) is 0 Å². The first kappa shape index (κ1) is 22.0. The summed E-state index contributed by atoms with van der Waals surface area (Å²) in [5.41, 5.74) is 0.785. The molecule has 3 nitrogen and oxygen atoms in total. The van der Waals surface area contributed by atoms with Crippen molar-refractivity contribution in [3.05, 3.63) is 0 Å². The Bertz CT molecular complexity index is 682. The van der Waals surface area contributed by atoms with Crippen LogP contribution in [-0.4, -0.2) is 33.2 Å². The molecular formula is C25H45BO3Si. The van der Waals surface area contributed by atoms with Crippen LogP contribution in [0.3, 0.4) is 0 Å². The van der Waals surface area contributed by atoms with E-state index >= 15 is 0 Å². The van der Waals surface area contributed by atoms with Gasteiger partial charge in [-0.1, -0.05) is 13.8 Å². The topological polar surface area (TPSA) is 27.7 Å². The molecule has 0 bridgehead atoms. The van der Waals surface area contributed by atoms with Crippen molar-refractivity contribution in [1.82, 2.24) is 0 Å². The van der Waals surface area contributed by atoms with Crippen LogP contribution in [0.2, 0.25) is 26.5 Å². The third kappa shape index (κ3) is 3.08. The van der Waals surface area contributed by atoms with Gasteiger partial charge in [-0.3, -0.25) is 0 Å². The Morgan fingerprint density at radius 2 is 1.67 bits per heavy atom. The Kier molecular flexibility index (Phi) is 5.19. The van der Waals surface area contributed by atoms with Gasteiger partial charge in [0.2, 0.25) is 0 Å². The quantitative estimate of drug-likeness (QED) is 0.464. The van der Waals surface area contributed by atoms with E-state index in [1.54, 1.807) is 0 Å². The zero-order valence-corrected chi connectivity index (χ0v) is 21.6. The summed E-state index contributed by atoms with van der Waals surface area (Å²) in [6, 6.07) is 0. The summed E-state index contributed by atoms with van der Waals surface area (Å²) in [6.45, 7) is 16.7. The van der Waals surface area contributed by atoms with E-state index in [2.05, 4.69) is 47.2 Å². The van der Waals surface area contributed by atoms with E-state index < -0.39 is 8.32 Å². The van der Waals surface area contributed by atoms with Crippen LogP contribution in [0.4, 0.5) is 0 Å². The van der Waals surface area contributed by atoms with Gasteiger partial charge in [-0.15, -0.1) is 0 Å². The average Bonchev–Trinajstić information content (AvgIpc) is 3.10. The van der Waals surface area contributed by atoms with Gasteiger partial charge in [-0.05, 0) is 120 Å². The molecule has 5 heteroatoms. The Balaban J connectivity index is 1.36. The maximum absolute atomic E-state index is 6.63. The predicted octanol–water partition coefficient (Wildman–Crippen LogP) is 6.54. The molecule has 1 heterocycles. The van der Waals surface area contributed by atoms with Crippen molar-refractivity contribution < 1.29 is 13.7 Å². The van der Waals surface area contributed by atoms with Crippen LogP contribution >= 0.6 is 0 Å². The molecule has 4 saturated carbocycles. The minimum Gasteiger partial charge on any atom is -0.415 e. The molecule has 170 valence electrons. The van der Waals surface area contributed by atoms with Crippen LogP contribution in [-0.2, 0) is 13.7 Å². The van der Waals surface area contributed by atoms with Gasteiger partial charge in [0.05, 0.1) is 11.7 Å². The van der Waals surface area contributed by atoms with Crippen molar-refractivity contribution in [2.45, 2.75) is 123 Å². The number of fused-ring (bicyclic) bond motifs is 6. The summed E-state index contributed by atoms with van der Waals surface area (Å²) in [6.07, 6.45) is 12.9. The van der Waals surface area contributed by atoms with E-state index in [1.165, 1.54) is 57.8 Å². The van der Waals surface area contributed by atoms with Crippen LogP contribution < -0.4 is 0 Å². The second-order valence-corrected chi connectivity index (χ2v) is 17.6. The molecule has 5 rings (SSSR count). The zero-order valence-electron chi connectivity index (χ0n) is 20.6. The van der Waals surface area contributed by atoms with Crippen LogP contribution in [0, 0.1) is 34.5 Å². The number of hydrogen-bond acceptors (Lipinski definition) is 3. The summed E-state index contributed by atoms with van der Waals surface area (Å²) < 4.78 is 19.4. The fraction of sp³-hybridized carbons (Fsp3) is 1.00. The van der Waals surface area contributed by atoms with Gasteiger partial charge in [0.15, 0.2) is 8.32 Å². The Labute approximate surface area is 186 Å². The minimum atomic E-state index is -1.44. The normalized spacial score (nSPS) is 53.5. The van der Waals surface area contributed by atoms with E-state index in [1.807, 2.05) is 0 Å². The Hall–Kier alpha value is 0.162. The lowest BCUT2D eigenvalue weighted by Crippen LogP contribution is -2.59. The average molecular weight is 433 g/mol. The molecule has 5 unspecified atom stereocenters. The van der Waals surface area contributed by atoms with Gasteiger partial charge in [0.25, 0.3) is 0 Å². The van der Waals surface area contributed by atoms with Gasteiger partial charge in [0, 0.05) is 11.5 Å². The highest BCUT2D eigenvalue weighted by molar-refractivity contribution is 6.69. The largest absolute Gasteiger partial charge is 0.454 e. The smallest absolute Gasteiger partial charge is 0.415 e. The highest BCUT2D eigenvalue weighted by atomic mass is 28.4. The molecule has 5 aliphatic rings. The van der Waals surface area contributed by atoms with Crippen molar-refractivity contribution >= 4 is 15.4 Å². The highest BCUT2D eigenvalue weighted by Gasteiger charge is 2.69. The molecule has 1 aliphatic heterocycles. The third-order valence-electron chi connectivity index (χ3n) is 10.7. The van der Waals surface area contributed by atoms with Gasteiger partial charge < -0.3 is 13.7 Å². The van der Waals surface area contributed by atoms with Crippen LogP contribution in [0.5, 0.6) is 0 Å². The van der Waals surface area contributed by atoms with Crippen molar-refractivity contribution in [3.63, 3.8) is 0 Å². The number of hydrogen-bond donors (Lipinski definition) is 0. The van der Waals surface area contributed by atoms with Crippen molar-refractivity contribution in [2.75, 3.05) is 0 Å². The first-order valence-electron chi connectivity index (χ1n) is 13.0.